The first-order valence-electron chi connectivity index (χ1n) is 7.59. The van der Waals surface area contributed by atoms with E-state index in [0.717, 1.165) is 37.2 Å². The fourth-order valence-electron chi connectivity index (χ4n) is 2.99. The Balaban J connectivity index is 1.64. The van der Waals surface area contributed by atoms with E-state index in [4.69, 9.17) is 0 Å². The molecule has 1 unspecified atom stereocenters. The molecule has 1 atom stereocenters. The van der Waals surface area contributed by atoms with Gasteiger partial charge in [0, 0.05) is 30.8 Å². The standard InChI is InChI=1S/C17H20N2O2/c20-16(11-13-5-1-2-6-13)18-14-7-3-8-15(12-14)19-10-4-9-17(19)21/h1,3,5,7-8,12-13H,2,4,6,9-11H2,(H,18,20). The molecular formula is C17H20N2O2. The number of benzene rings is 1. The van der Waals surface area contributed by atoms with Crippen LogP contribution < -0.4 is 10.2 Å². The Morgan fingerprint density at radius 1 is 1.38 bits per heavy atom. The fraction of sp³-hybridized carbons (Fsp3) is 0.412. The molecule has 1 fully saturated rings. The number of hydrogen-bond donors (Lipinski definition) is 1. The van der Waals surface area contributed by atoms with E-state index in [1.165, 1.54) is 0 Å². The van der Waals surface area contributed by atoms with E-state index in [-0.39, 0.29) is 11.8 Å². The van der Waals surface area contributed by atoms with Crippen molar-refractivity contribution < 1.29 is 9.59 Å². The molecule has 2 aliphatic rings. The van der Waals surface area contributed by atoms with Crippen molar-refractivity contribution in [1.29, 1.82) is 0 Å². The van der Waals surface area contributed by atoms with Crippen LogP contribution in [-0.4, -0.2) is 18.4 Å². The lowest BCUT2D eigenvalue weighted by atomic mass is 10.1. The van der Waals surface area contributed by atoms with E-state index in [0.29, 0.717) is 18.8 Å². The summed E-state index contributed by atoms with van der Waals surface area (Å²) in [5.74, 6) is 0.569. The first-order chi connectivity index (χ1) is 10.2. The molecule has 0 bridgehead atoms. The first kappa shape index (κ1) is 13.9. The zero-order chi connectivity index (χ0) is 14.7. The maximum atomic E-state index is 12.0. The molecule has 0 radical (unpaired) electrons. The molecule has 1 aliphatic heterocycles. The molecular weight excluding hydrogens is 264 g/mol. The van der Waals surface area contributed by atoms with Gasteiger partial charge in [0.25, 0.3) is 0 Å². The van der Waals surface area contributed by atoms with Crippen LogP contribution >= 0.6 is 0 Å². The second-order valence-corrected chi connectivity index (χ2v) is 5.72. The van der Waals surface area contributed by atoms with Gasteiger partial charge in [0.15, 0.2) is 0 Å². The third kappa shape index (κ3) is 3.32. The third-order valence-electron chi connectivity index (χ3n) is 4.07. The van der Waals surface area contributed by atoms with E-state index in [1.54, 1.807) is 4.90 Å². The summed E-state index contributed by atoms with van der Waals surface area (Å²) in [5.41, 5.74) is 1.63. The Hall–Kier alpha value is -2.10. The maximum absolute atomic E-state index is 12.0. The van der Waals surface area contributed by atoms with Crippen LogP contribution in [0.1, 0.15) is 32.1 Å². The molecule has 4 nitrogen and oxygen atoms in total. The van der Waals surface area contributed by atoms with Crippen LogP contribution in [-0.2, 0) is 9.59 Å². The van der Waals surface area contributed by atoms with Gasteiger partial charge in [0.1, 0.15) is 0 Å². The molecule has 1 N–H and O–H groups in total. The summed E-state index contributed by atoms with van der Waals surface area (Å²) in [6.45, 7) is 0.767. The summed E-state index contributed by atoms with van der Waals surface area (Å²) in [4.78, 5) is 25.6. The van der Waals surface area contributed by atoms with Gasteiger partial charge in [0.05, 0.1) is 0 Å². The highest BCUT2D eigenvalue weighted by Crippen LogP contribution is 2.25. The second kappa shape index (κ2) is 6.12. The van der Waals surface area contributed by atoms with Crippen molar-refractivity contribution in [2.75, 3.05) is 16.8 Å². The summed E-state index contributed by atoms with van der Waals surface area (Å²) in [5, 5.41) is 2.94. The molecule has 1 aromatic carbocycles. The molecule has 1 heterocycles. The topological polar surface area (TPSA) is 49.4 Å². The molecule has 2 amide bonds. The molecule has 1 aromatic rings. The number of rotatable bonds is 4. The van der Waals surface area contributed by atoms with Crippen LogP contribution in [0.3, 0.4) is 0 Å². The van der Waals surface area contributed by atoms with Gasteiger partial charge in [-0.3, -0.25) is 9.59 Å². The molecule has 0 aromatic heterocycles. The molecule has 1 aliphatic carbocycles. The number of nitrogens with zero attached hydrogens (tertiary/aromatic N) is 1. The van der Waals surface area contributed by atoms with E-state index >= 15 is 0 Å². The van der Waals surface area contributed by atoms with Gasteiger partial charge >= 0.3 is 0 Å². The normalized spacial score (nSPS) is 21.0. The highest BCUT2D eigenvalue weighted by molar-refractivity contribution is 5.97. The summed E-state index contributed by atoms with van der Waals surface area (Å²) >= 11 is 0. The molecule has 4 heteroatoms. The van der Waals surface area contributed by atoms with Gasteiger partial charge in [-0.25, -0.2) is 0 Å². The lowest BCUT2D eigenvalue weighted by Crippen LogP contribution is -2.23. The van der Waals surface area contributed by atoms with Crippen molar-refractivity contribution in [3.8, 4) is 0 Å². The molecule has 0 saturated carbocycles. The van der Waals surface area contributed by atoms with Crippen molar-refractivity contribution in [3.05, 3.63) is 36.4 Å². The van der Waals surface area contributed by atoms with Crippen LogP contribution in [0.15, 0.2) is 36.4 Å². The van der Waals surface area contributed by atoms with Crippen LogP contribution in [0.25, 0.3) is 0 Å². The lowest BCUT2D eigenvalue weighted by Gasteiger charge is -2.17. The quantitative estimate of drug-likeness (QED) is 0.864. The van der Waals surface area contributed by atoms with E-state index in [9.17, 15) is 9.59 Å². The Morgan fingerprint density at radius 2 is 2.29 bits per heavy atom. The van der Waals surface area contributed by atoms with Crippen molar-refractivity contribution in [3.63, 3.8) is 0 Å². The molecule has 110 valence electrons. The Labute approximate surface area is 124 Å². The monoisotopic (exact) mass is 284 g/mol. The number of nitrogens with one attached hydrogen (secondary N) is 1. The van der Waals surface area contributed by atoms with Crippen LogP contribution in [0.4, 0.5) is 11.4 Å². The largest absolute Gasteiger partial charge is 0.326 e. The summed E-state index contributed by atoms with van der Waals surface area (Å²) in [6.07, 6.45) is 8.45. The van der Waals surface area contributed by atoms with Gasteiger partial charge in [-0.2, -0.15) is 0 Å². The smallest absolute Gasteiger partial charge is 0.227 e. The Bertz CT molecular complexity index is 580. The predicted molar refractivity (Wildman–Crippen MR) is 83.1 cm³/mol. The van der Waals surface area contributed by atoms with Gasteiger partial charge in [0.2, 0.25) is 11.8 Å². The number of allylic oxidation sites excluding steroid dienone is 2. The summed E-state index contributed by atoms with van der Waals surface area (Å²) < 4.78 is 0. The van der Waals surface area contributed by atoms with Gasteiger partial charge in [-0.05, 0) is 43.4 Å². The number of carbonyl (C=O) groups excluding carboxylic acids is 2. The Morgan fingerprint density at radius 3 is 3.00 bits per heavy atom. The molecule has 1 saturated heterocycles. The van der Waals surface area contributed by atoms with Crippen molar-refractivity contribution in [2.45, 2.75) is 32.1 Å². The zero-order valence-electron chi connectivity index (χ0n) is 12.0. The average molecular weight is 284 g/mol. The molecule has 3 rings (SSSR count). The van der Waals surface area contributed by atoms with Crippen molar-refractivity contribution in [1.82, 2.24) is 0 Å². The van der Waals surface area contributed by atoms with Gasteiger partial charge in [-0.15, -0.1) is 0 Å². The second-order valence-electron chi connectivity index (χ2n) is 5.72. The SMILES string of the molecule is O=C(CC1C=CCC1)Nc1cccc(N2CCCC2=O)c1. The summed E-state index contributed by atoms with van der Waals surface area (Å²) in [6, 6.07) is 7.54. The predicted octanol–water partition coefficient (Wildman–Crippen LogP) is 3.11. The van der Waals surface area contributed by atoms with Crippen LogP contribution in [0, 0.1) is 5.92 Å². The minimum absolute atomic E-state index is 0.0384. The maximum Gasteiger partial charge on any atom is 0.227 e. The fourth-order valence-corrected chi connectivity index (χ4v) is 2.99. The average Bonchev–Trinajstić information content (AvgIpc) is 3.10. The van der Waals surface area contributed by atoms with Crippen molar-refractivity contribution >= 4 is 23.2 Å². The number of amides is 2. The zero-order valence-corrected chi connectivity index (χ0v) is 12.0. The third-order valence-corrected chi connectivity index (χ3v) is 4.07. The van der Waals surface area contributed by atoms with E-state index in [2.05, 4.69) is 17.5 Å². The highest BCUT2D eigenvalue weighted by Gasteiger charge is 2.22. The van der Waals surface area contributed by atoms with E-state index in [1.807, 2.05) is 24.3 Å². The lowest BCUT2D eigenvalue weighted by molar-refractivity contribution is -0.117. The van der Waals surface area contributed by atoms with Gasteiger partial charge in [-0.1, -0.05) is 18.2 Å². The minimum Gasteiger partial charge on any atom is -0.326 e. The number of hydrogen-bond acceptors (Lipinski definition) is 2. The molecule has 21 heavy (non-hydrogen) atoms. The molecule has 0 spiro atoms. The number of carbonyl (C=O) groups is 2. The van der Waals surface area contributed by atoms with E-state index < -0.39 is 0 Å². The number of anilines is 2. The summed E-state index contributed by atoms with van der Waals surface area (Å²) in [7, 11) is 0. The minimum atomic E-state index is 0.0384. The van der Waals surface area contributed by atoms with Gasteiger partial charge < -0.3 is 10.2 Å². The van der Waals surface area contributed by atoms with Crippen LogP contribution in [0.5, 0.6) is 0 Å². The Kier molecular flexibility index (Phi) is 4.04. The first-order valence-corrected chi connectivity index (χ1v) is 7.59. The highest BCUT2D eigenvalue weighted by atomic mass is 16.2. The van der Waals surface area contributed by atoms with Crippen molar-refractivity contribution in [2.24, 2.45) is 5.92 Å². The van der Waals surface area contributed by atoms with Crippen LogP contribution in [0.2, 0.25) is 0 Å².